The van der Waals surface area contributed by atoms with Crippen LogP contribution in [0.2, 0.25) is 10.0 Å². The molecule has 0 unspecified atom stereocenters. The third-order valence-corrected chi connectivity index (χ3v) is 8.08. The summed E-state index contributed by atoms with van der Waals surface area (Å²) in [6.07, 6.45) is 2.34. The number of hydrogen-bond donors (Lipinski definition) is 0. The average Bonchev–Trinajstić information content (AvgIpc) is 3.34. The molecular weight excluding hydrogens is 403 g/mol. The van der Waals surface area contributed by atoms with E-state index in [0.717, 1.165) is 11.0 Å². The molecule has 2 heterocycles. The van der Waals surface area contributed by atoms with Crippen LogP contribution in [-0.2, 0) is 10.0 Å². The second-order valence-electron chi connectivity index (χ2n) is 6.15. The first-order valence-corrected chi connectivity index (χ1v) is 11.0. The molecule has 134 valence electrons. The second kappa shape index (κ2) is 6.66. The average molecular weight is 419 g/mol. The minimum atomic E-state index is -3.66. The Labute approximate surface area is 160 Å². The predicted molar refractivity (Wildman–Crippen MR) is 99.3 cm³/mol. The lowest BCUT2D eigenvalue weighted by Gasteiger charge is -2.33. The zero-order chi connectivity index (χ0) is 17.6. The summed E-state index contributed by atoms with van der Waals surface area (Å²) in [5.74, 6) is 1.46. The maximum Gasteiger partial charge on any atom is 0.244 e. The summed E-state index contributed by atoms with van der Waals surface area (Å²) in [5.41, 5.74) is 0. The fourth-order valence-electron chi connectivity index (χ4n) is 2.80. The molecule has 6 nitrogen and oxygen atoms in total. The summed E-state index contributed by atoms with van der Waals surface area (Å²) in [6, 6.07) is 4.66. The van der Waals surface area contributed by atoms with Crippen LogP contribution in [0.25, 0.3) is 0 Å². The van der Waals surface area contributed by atoms with E-state index in [2.05, 4.69) is 14.3 Å². The van der Waals surface area contributed by atoms with E-state index in [1.165, 1.54) is 34.7 Å². The number of nitrogens with zero attached hydrogens (tertiary/aromatic N) is 4. The molecular formula is C15H16Cl2N4O2S2. The van der Waals surface area contributed by atoms with Crippen molar-refractivity contribution in [2.75, 3.05) is 31.1 Å². The number of halogens is 2. The van der Waals surface area contributed by atoms with Gasteiger partial charge in [-0.3, -0.25) is 0 Å². The van der Waals surface area contributed by atoms with Gasteiger partial charge < -0.3 is 4.90 Å². The summed E-state index contributed by atoms with van der Waals surface area (Å²) in [6.45, 7) is 1.92. The zero-order valence-corrected chi connectivity index (χ0v) is 16.4. The van der Waals surface area contributed by atoms with Gasteiger partial charge in [0.2, 0.25) is 15.2 Å². The molecule has 0 bridgehead atoms. The van der Waals surface area contributed by atoms with Crippen LogP contribution in [0.3, 0.4) is 0 Å². The Balaban J connectivity index is 1.48. The number of hydrogen-bond acceptors (Lipinski definition) is 6. The monoisotopic (exact) mass is 418 g/mol. The summed E-state index contributed by atoms with van der Waals surface area (Å²) < 4.78 is 31.6. The smallest absolute Gasteiger partial charge is 0.244 e. The molecule has 1 aromatic carbocycles. The van der Waals surface area contributed by atoms with Crippen LogP contribution in [-0.4, -0.2) is 48.3 Å². The van der Waals surface area contributed by atoms with E-state index < -0.39 is 10.0 Å². The molecule has 2 aromatic rings. The summed E-state index contributed by atoms with van der Waals surface area (Å²) in [7, 11) is -3.66. The van der Waals surface area contributed by atoms with E-state index >= 15 is 0 Å². The summed E-state index contributed by atoms with van der Waals surface area (Å²) in [4.78, 5) is 6.74. The lowest BCUT2D eigenvalue weighted by Crippen LogP contribution is -2.48. The van der Waals surface area contributed by atoms with Crippen molar-refractivity contribution in [3.8, 4) is 0 Å². The van der Waals surface area contributed by atoms with Crippen LogP contribution in [0.5, 0.6) is 0 Å². The zero-order valence-electron chi connectivity index (χ0n) is 13.2. The van der Waals surface area contributed by atoms with Gasteiger partial charge >= 0.3 is 0 Å². The molecule has 2 fully saturated rings. The molecule has 1 saturated heterocycles. The maximum atomic E-state index is 12.8. The highest BCUT2D eigenvalue weighted by molar-refractivity contribution is 7.89. The second-order valence-corrected chi connectivity index (χ2v) is 9.57. The number of benzene rings is 1. The number of rotatable bonds is 4. The van der Waals surface area contributed by atoms with Gasteiger partial charge in [0.15, 0.2) is 0 Å². The fraction of sp³-hybridized carbons (Fsp3) is 0.467. The lowest BCUT2D eigenvalue weighted by atomic mass is 10.4. The highest BCUT2D eigenvalue weighted by Crippen LogP contribution is 2.40. The number of sulfonamides is 1. The van der Waals surface area contributed by atoms with Crippen molar-refractivity contribution in [2.45, 2.75) is 23.7 Å². The molecule has 10 heteroatoms. The predicted octanol–water partition coefficient (Wildman–Crippen LogP) is 3.23. The quantitative estimate of drug-likeness (QED) is 0.761. The van der Waals surface area contributed by atoms with Crippen LogP contribution in [0, 0.1) is 0 Å². The van der Waals surface area contributed by atoms with Gasteiger partial charge in [-0.15, -0.1) is 0 Å². The molecule has 1 aliphatic carbocycles. The minimum Gasteiger partial charge on any atom is -0.344 e. The summed E-state index contributed by atoms with van der Waals surface area (Å²) in [5, 5.41) is 1.19. The Kier molecular flexibility index (Phi) is 4.66. The molecule has 25 heavy (non-hydrogen) atoms. The minimum absolute atomic E-state index is 0.0575. The normalized spacial score (nSPS) is 19.4. The number of piperazine rings is 1. The molecule has 0 N–H and O–H groups in total. The van der Waals surface area contributed by atoms with Gasteiger partial charge in [0.25, 0.3) is 0 Å². The van der Waals surface area contributed by atoms with Crippen molar-refractivity contribution in [1.29, 1.82) is 0 Å². The Morgan fingerprint density at radius 1 is 1.12 bits per heavy atom. The third-order valence-electron chi connectivity index (χ3n) is 4.42. The highest BCUT2D eigenvalue weighted by Gasteiger charge is 2.33. The van der Waals surface area contributed by atoms with Crippen molar-refractivity contribution in [3.63, 3.8) is 0 Å². The highest BCUT2D eigenvalue weighted by atomic mass is 35.5. The Morgan fingerprint density at radius 3 is 2.52 bits per heavy atom. The number of anilines is 1. The molecule has 1 aliphatic heterocycles. The van der Waals surface area contributed by atoms with E-state index in [1.54, 1.807) is 12.1 Å². The van der Waals surface area contributed by atoms with Gasteiger partial charge in [-0.2, -0.15) is 8.68 Å². The Bertz CT molecular complexity index is 891. The van der Waals surface area contributed by atoms with E-state index in [4.69, 9.17) is 23.2 Å². The van der Waals surface area contributed by atoms with Crippen LogP contribution >= 0.6 is 34.7 Å². The third kappa shape index (κ3) is 3.38. The van der Waals surface area contributed by atoms with E-state index in [0.29, 0.717) is 32.1 Å². The van der Waals surface area contributed by atoms with Crippen LogP contribution in [0.4, 0.5) is 5.13 Å². The Morgan fingerprint density at radius 2 is 1.84 bits per heavy atom. The van der Waals surface area contributed by atoms with Crippen molar-refractivity contribution < 1.29 is 8.42 Å². The number of aromatic nitrogens is 2. The molecule has 4 rings (SSSR count). The molecule has 0 amide bonds. The van der Waals surface area contributed by atoms with Crippen LogP contribution in [0.1, 0.15) is 24.6 Å². The van der Waals surface area contributed by atoms with Crippen molar-refractivity contribution >= 4 is 49.9 Å². The molecule has 0 atom stereocenters. The van der Waals surface area contributed by atoms with E-state index in [-0.39, 0.29) is 14.9 Å². The van der Waals surface area contributed by atoms with Gasteiger partial charge in [-0.05, 0) is 25.0 Å². The van der Waals surface area contributed by atoms with Crippen molar-refractivity contribution in [3.05, 3.63) is 34.1 Å². The molecule has 1 aromatic heterocycles. The van der Waals surface area contributed by atoms with E-state index in [9.17, 15) is 8.42 Å². The molecule has 2 aliphatic rings. The first-order chi connectivity index (χ1) is 12.0. The van der Waals surface area contributed by atoms with Crippen LogP contribution < -0.4 is 4.90 Å². The molecule has 1 saturated carbocycles. The van der Waals surface area contributed by atoms with E-state index in [1.807, 2.05) is 0 Å². The van der Waals surface area contributed by atoms with Gasteiger partial charge in [-0.25, -0.2) is 13.4 Å². The van der Waals surface area contributed by atoms with Gasteiger partial charge in [0.1, 0.15) is 10.7 Å². The largest absolute Gasteiger partial charge is 0.344 e. The lowest BCUT2D eigenvalue weighted by molar-refractivity contribution is 0.384. The van der Waals surface area contributed by atoms with Crippen molar-refractivity contribution in [1.82, 2.24) is 13.7 Å². The SMILES string of the molecule is O=S(=O)(c1cccc(Cl)c1Cl)N1CCN(c2nc(C3CC3)ns2)CC1. The van der Waals surface area contributed by atoms with Gasteiger partial charge in [-0.1, -0.05) is 29.3 Å². The molecule has 0 radical (unpaired) electrons. The molecule has 0 spiro atoms. The maximum absolute atomic E-state index is 12.8. The van der Waals surface area contributed by atoms with Gasteiger partial charge in [0.05, 0.1) is 10.0 Å². The summed E-state index contributed by atoms with van der Waals surface area (Å²) >= 11 is 13.4. The standard InChI is InChI=1S/C15H16Cl2N4O2S2/c16-11-2-1-3-12(13(11)17)25(22,23)21-8-6-20(7-9-21)15-18-14(19-24-15)10-4-5-10/h1-3,10H,4-9H2. The topological polar surface area (TPSA) is 66.4 Å². The fourth-order valence-corrected chi connectivity index (χ4v) is 5.76. The first-order valence-electron chi connectivity index (χ1n) is 7.99. The van der Waals surface area contributed by atoms with Gasteiger partial charge in [0, 0.05) is 43.6 Å². The Hall–Kier alpha value is -0.930. The first kappa shape index (κ1) is 17.5. The van der Waals surface area contributed by atoms with Crippen LogP contribution in [0.15, 0.2) is 23.1 Å². The van der Waals surface area contributed by atoms with Crippen molar-refractivity contribution in [2.24, 2.45) is 0 Å².